The van der Waals surface area contributed by atoms with Gasteiger partial charge in [-0.3, -0.25) is 4.79 Å². The first-order valence-electron chi connectivity index (χ1n) is 9.16. The van der Waals surface area contributed by atoms with E-state index >= 15 is 0 Å². The predicted octanol–water partition coefficient (Wildman–Crippen LogP) is 5.61. The number of anilines is 1. The molecule has 5 heteroatoms. The van der Waals surface area contributed by atoms with E-state index in [-0.39, 0.29) is 11.7 Å². The molecule has 0 aliphatic carbocycles. The summed E-state index contributed by atoms with van der Waals surface area (Å²) in [7, 11) is 1.61. The second-order valence-electron chi connectivity index (χ2n) is 6.77. The number of halogens is 1. The van der Waals surface area contributed by atoms with E-state index in [9.17, 15) is 9.18 Å². The number of benzene rings is 3. The molecule has 0 atom stereocenters. The number of carbonyl (C=O) groups excluding carboxylic acids is 1. The monoisotopic (exact) mass is 386 g/mol. The summed E-state index contributed by atoms with van der Waals surface area (Å²) >= 11 is 0. The van der Waals surface area contributed by atoms with Crippen LogP contribution in [-0.2, 0) is 0 Å². The lowest BCUT2D eigenvalue weighted by molar-refractivity contribution is 0.102. The number of amides is 1. The van der Waals surface area contributed by atoms with Crippen molar-refractivity contribution in [3.63, 3.8) is 0 Å². The Morgan fingerprint density at radius 3 is 2.38 bits per heavy atom. The van der Waals surface area contributed by atoms with Crippen LogP contribution in [0.5, 0.6) is 5.75 Å². The van der Waals surface area contributed by atoms with E-state index < -0.39 is 0 Å². The van der Waals surface area contributed by atoms with Crippen LogP contribution in [0.3, 0.4) is 0 Å². The van der Waals surface area contributed by atoms with Gasteiger partial charge in [0, 0.05) is 28.3 Å². The van der Waals surface area contributed by atoms with Gasteiger partial charge in [0.15, 0.2) is 0 Å². The van der Waals surface area contributed by atoms with Crippen LogP contribution in [0.1, 0.15) is 15.9 Å². The topological polar surface area (TPSA) is 51.2 Å². The van der Waals surface area contributed by atoms with Gasteiger partial charge < -0.3 is 10.1 Å². The summed E-state index contributed by atoms with van der Waals surface area (Å²) < 4.78 is 18.6. The van der Waals surface area contributed by atoms with Crippen LogP contribution in [-0.4, -0.2) is 18.0 Å². The average Bonchev–Trinajstić information content (AvgIpc) is 2.74. The molecule has 144 valence electrons. The molecule has 1 heterocycles. The maximum absolute atomic E-state index is 13.1. The lowest BCUT2D eigenvalue weighted by Gasteiger charge is -2.11. The molecule has 0 saturated heterocycles. The van der Waals surface area contributed by atoms with Gasteiger partial charge in [0.25, 0.3) is 5.91 Å². The first-order valence-corrected chi connectivity index (χ1v) is 9.16. The first kappa shape index (κ1) is 18.6. The minimum atomic E-state index is -0.382. The SMILES string of the molecule is COc1cc(-c2ccc(C)cc2)nc2ccc(NC(=O)c3ccc(F)cc3)cc12. The van der Waals surface area contributed by atoms with Gasteiger partial charge in [-0.25, -0.2) is 9.37 Å². The molecule has 0 unspecified atom stereocenters. The molecule has 3 aromatic carbocycles. The van der Waals surface area contributed by atoms with Crippen molar-refractivity contribution < 1.29 is 13.9 Å². The van der Waals surface area contributed by atoms with E-state index in [0.717, 1.165) is 22.2 Å². The van der Waals surface area contributed by atoms with E-state index in [1.165, 1.54) is 29.8 Å². The number of carbonyl (C=O) groups is 1. The summed E-state index contributed by atoms with van der Waals surface area (Å²) in [6.07, 6.45) is 0. The summed E-state index contributed by atoms with van der Waals surface area (Å²) in [6, 6.07) is 20.9. The van der Waals surface area contributed by atoms with Gasteiger partial charge in [-0.05, 0) is 49.4 Å². The Morgan fingerprint density at radius 1 is 0.966 bits per heavy atom. The Balaban J connectivity index is 1.68. The minimum absolute atomic E-state index is 0.312. The van der Waals surface area contributed by atoms with Crippen molar-refractivity contribution in [3.8, 4) is 17.0 Å². The number of methoxy groups -OCH3 is 1. The van der Waals surface area contributed by atoms with Crippen molar-refractivity contribution >= 4 is 22.5 Å². The Bertz CT molecular complexity index is 1190. The number of aromatic nitrogens is 1. The zero-order valence-corrected chi connectivity index (χ0v) is 16.1. The molecule has 0 saturated carbocycles. The van der Waals surface area contributed by atoms with Crippen LogP contribution in [0.2, 0.25) is 0 Å². The van der Waals surface area contributed by atoms with E-state index in [4.69, 9.17) is 9.72 Å². The quantitative estimate of drug-likeness (QED) is 0.496. The number of hydrogen-bond acceptors (Lipinski definition) is 3. The maximum Gasteiger partial charge on any atom is 0.255 e. The number of nitrogens with one attached hydrogen (secondary N) is 1. The smallest absolute Gasteiger partial charge is 0.255 e. The zero-order valence-electron chi connectivity index (χ0n) is 16.1. The second kappa shape index (κ2) is 7.72. The van der Waals surface area contributed by atoms with Crippen LogP contribution >= 0.6 is 0 Å². The number of nitrogens with zero attached hydrogens (tertiary/aromatic N) is 1. The minimum Gasteiger partial charge on any atom is -0.496 e. The molecule has 0 aliphatic rings. The number of fused-ring (bicyclic) bond motifs is 1. The number of rotatable bonds is 4. The van der Waals surface area contributed by atoms with Gasteiger partial charge in [-0.15, -0.1) is 0 Å². The van der Waals surface area contributed by atoms with E-state index in [1.54, 1.807) is 13.2 Å². The fourth-order valence-electron chi connectivity index (χ4n) is 3.12. The normalized spacial score (nSPS) is 10.7. The molecular weight excluding hydrogens is 367 g/mol. The molecule has 1 N–H and O–H groups in total. The Labute approximate surface area is 168 Å². The van der Waals surface area contributed by atoms with Crippen molar-refractivity contribution in [2.24, 2.45) is 0 Å². The van der Waals surface area contributed by atoms with Crippen molar-refractivity contribution in [1.29, 1.82) is 0 Å². The third-order valence-electron chi connectivity index (χ3n) is 4.70. The number of hydrogen-bond donors (Lipinski definition) is 1. The second-order valence-corrected chi connectivity index (χ2v) is 6.77. The highest BCUT2D eigenvalue weighted by Gasteiger charge is 2.11. The molecule has 4 rings (SSSR count). The summed E-state index contributed by atoms with van der Waals surface area (Å²) in [4.78, 5) is 17.1. The Hall–Kier alpha value is -3.73. The van der Waals surface area contributed by atoms with Gasteiger partial charge in [0.05, 0.1) is 18.3 Å². The molecule has 0 radical (unpaired) electrons. The number of ether oxygens (including phenoxy) is 1. The van der Waals surface area contributed by atoms with Crippen LogP contribution < -0.4 is 10.1 Å². The molecule has 0 spiro atoms. The predicted molar refractivity (Wildman–Crippen MR) is 113 cm³/mol. The number of aryl methyl sites for hydroxylation is 1. The van der Waals surface area contributed by atoms with E-state index in [2.05, 4.69) is 5.32 Å². The standard InChI is InChI=1S/C24H19FN2O2/c1-15-3-5-16(6-4-15)22-14-23(29-2)20-13-19(11-12-21(20)27-22)26-24(28)17-7-9-18(25)10-8-17/h3-14H,1-2H3,(H,26,28). The van der Waals surface area contributed by atoms with Gasteiger partial charge in [0.1, 0.15) is 11.6 Å². The molecule has 29 heavy (non-hydrogen) atoms. The summed E-state index contributed by atoms with van der Waals surface area (Å²) in [5, 5.41) is 3.62. The van der Waals surface area contributed by atoms with Crippen LogP contribution in [0.4, 0.5) is 10.1 Å². The molecule has 4 nitrogen and oxygen atoms in total. The summed E-state index contributed by atoms with van der Waals surface area (Å²) in [5.74, 6) is -0.0246. The highest BCUT2D eigenvalue weighted by molar-refractivity contribution is 6.05. The van der Waals surface area contributed by atoms with Gasteiger partial charge in [-0.2, -0.15) is 0 Å². The summed E-state index contributed by atoms with van der Waals surface area (Å²) in [5.41, 5.74) is 4.76. The first-order chi connectivity index (χ1) is 14.0. The molecule has 0 aliphatic heterocycles. The fourth-order valence-corrected chi connectivity index (χ4v) is 3.12. The maximum atomic E-state index is 13.1. The molecular formula is C24H19FN2O2. The van der Waals surface area contributed by atoms with Crippen molar-refractivity contribution in [1.82, 2.24) is 4.98 Å². The molecule has 4 aromatic rings. The Morgan fingerprint density at radius 2 is 1.69 bits per heavy atom. The van der Waals surface area contributed by atoms with Crippen molar-refractivity contribution in [2.75, 3.05) is 12.4 Å². The lowest BCUT2D eigenvalue weighted by atomic mass is 10.1. The molecule has 0 bridgehead atoms. The van der Waals surface area contributed by atoms with Gasteiger partial charge in [0.2, 0.25) is 0 Å². The molecule has 1 aromatic heterocycles. The molecule has 1 amide bonds. The Kier molecular flexibility index (Phi) is 4.96. The van der Waals surface area contributed by atoms with Crippen molar-refractivity contribution in [2.45, 2.75) is 6.92 Å². The van der Waals surface area contributed by atoms with Crippen LogP contribution in [0, 0.1) is 12.7 Å². The highest BCUT2D eigenvalue weighted by Crippen LogP contribution is 2.32. The number of pyridine rings is 1. The highest BCUT2D eigenvalue weighted by atomic mass is 19.1. The van der Waals surface area contributed by atoms with E-state index in [1.807, 2.05) is 49.4 Å². The third-order valence-corrected chi connectivity index (χ3v) is 4.70. The molecule has 0 fully saturated rings. The third kappa shape index (κ3) is 3.94. The van der Waals surface area contributed by atoms with Gasteiger partial charge in [-0.1, -0.05) is 29.8 Å². The van der Waals surface area contributed by atoms with Crippen LogP contribution in [0.15, 0.2) is 72.8 Å². The lowest BCUT2D eigenvalue weighted by Crippen LogP contribution is -2.11. The van der Waals surface area contributed by atoms with Gasteiger partial charge >= 0.3 is 0 Å². The summed E-state index contributed by atoms with van der Waals surface area (Å²) in [6.45, 7) is 2.04. The van der Waals surface area contributed by atoms with Crippen LogP contribution in [0.25, 0.3) is 22.2 Å². The zero-order chi connectivity index (χ0) is 20.4. The largest absolute Gasteiger partial charge is 0.496 e. The van der Waals surface area contributed by atoms with E-state index in [0.29, 0.717) is 17.0 Å². The van der Waals surface area contributed by atoms with Crippen molar-refractivity contribution in [3.05, 3.63) is 89.7 Å². The fraction of sp³-hybridized carbons (Fsp3) is 0.0833. The average molecular weight is 386 g/mol.